The Balaban J connectivity index is 1.40. The molecule has 32 heavy (non-hydrogen) atoms. The Hall–Kier alpha value is -3.13. The van der Waals surface area contributed by atoms with Gasteiger partial charge >= 0.3 is 6.03 Å². The molecule has 1 fully saturated rings. The second kappa shape index (κ2) is 9.56. The van der Waals surface area contributed by atoms with Crippen molar-refractivity contribution in [1.82, 2.24) is 15.0 Å². The Kier molecular flexibility index (Phi) is 6.60. The van der Waals surface area contributed by atoms with Gasteiger partial charge in [0, 0.05) is 35.4 Å². The van der Waals surface area contributed by atoms with E-state index in [0.29, 0.717) is 24.9 Å². The number of hydrogen-bond donors (Lipinski definition) is 1. The summed E-state index contributed by atoms with van der Waals surface area (Å²) in [6.45, 7) is 7.16. The summed E-state index contributed by atoms with van der Waals surface area (Å²) in [5.41, 5.74) is 4.00. The van der Waals surface area contributed by atoms with Gasteiger partial charge in [-0.05, 0) is 65.9 Å². The van der Waals surface area contributed by atoms with Crippen molar-refractivity contribution in [3.05, 3.63) is 69.5 Å². The van der Waals surface area contributed by atoms with Crippen LogP contribution in [0.3, 0.4) is 0 Å². The molecule has 166 valence electrons. The summed E-state index contributed by atoms with van der Waals surface area (Å²) in [4.78, 5) is 18.7. The minimum absolute atomic E-state index is 0.160. The molecular weight excluding hydrogens is 472 g/mol. The van der Waals surface area contributed by atoms with Gasteiger partial charge in [0.05, 0.1) is 5.69 Å². The minimum atomic E-state index is -0.160. The first-order valence-corrected chi connectivity index (χ1v) is 11.3. The highest BCUT2D eigenvalue weighted by molar-refractivity contribution is 9.10. The van der Waals surface area contributed by atoms with E-state index in [1.807, 2.05) is 49.1 Å². The number of benzene rings is 1. The molecule has 1 atom stereocenters. The first kappa shape index (κ1) is 22.1. The number of aromatic nitrogens is 2. The van der Waals surface area contributed by atoms with Crippen LogP contribution in [0.25, 0.3) is 6.08 Å². The van der Waals surface area contributed by atoms with Crippen molar-refractivity contribution < 1.29 is 14.1 Å². The highest BCUT2D eigenvalue weighted by atomic mass is 79.9. The number of ether oxygens (including phenoxy) is 1. The molecular formula is C24H25BrN4O3. The van der Waals surface area contributed by atoms with E-state index < -0.39 is 0 Å². The van der Waals surface area contributed by atoms with Gasteiger partial charge in [-0.3, -0.25) is 5.32 Å². The van der Waals surface area contributed by atoms with Gasteiger partial charge in [0.2, 0.25) is 11.8 Å². The van der Waals surface area contributed by atoms with Crippen LogP contribution in [0.2, 0.25) is 0 Å². The maximum absolute atomic E-state index is 12.7. The maximum Gasteiger partial charge on any atom is 0.324 e. The molecule has 1 N–H and O–H groups in total. The first-order valence-electron chi connectivity index (χ1n) is 10.5. The van der Waals surface area contributed by atoms with Crippen LogP contribution in [0.1, 0.15) is 30.2 Å². The highest BCUT2D eigenvalue weighted by Gasteiger charge is 2.25. The van der Waals surface area contributed by atoms with Crippen molar-refractivity contribution in [1.29, 1.82) is 0 Å². The Labute approximate surface area is 195 Å². The molecule has 1 aromatic carbocycles. The third-order valence-electron chi connectivity index (χ3n) is 5.60. The molecule has 4 rings (SSSR count). The van der Waals surface area contributed by atoms with Crippen LogP contribution >= 0.6 is 15.9 Å². The highest BCUT2D eigenvalue weighted by Crippen LogP contribution is 2.28. The number of hydrogen-bond acceptors (Lipinski definition) is 5. The molecule has 1 aliphatic rings. The number of nitrogens with one attached hydrogen (secondary N) is 1. The predicted octanol–water partition coefficient (Wildman–Crippen LogP) is 6.20. The lowest BCUT2D eigenvalue weighted by Crippen LogP contribution is -2.42. The Morgan fingerprint density at radius 1 is 1.31 bits per heavy atom. The van der Waals surface area contributed by atoms with Crippen LogP contribution in [-0.4, -0.2) is 34.2 Å². The average Bonchev–Trinajstić information content (AvgIpc) is 3.09. The van der Waals surface area contributed by atoms with Gasteiger partial charge in [-0.2, -0.15) is 0 Å². The monoisotopic (exact) mass is 496 g/mol. The van der Waals surface area contributed by atoms with Gasteiger partial charge in [-0.25, -0.2) is 9.78 Å². The van der Waals surface area contributed by atoms with E-state index in [4.69, 9.17) is 9.26 Å². The number of urea groups is 1. The zero-order valence-electron chi connectivity index (χ0n) is 18.3. The second-order valence-electron chi connectivity index (χ2n) is 7.96. The number of likely N-dealkylation sites (tertiary alicyclic amines) is 1. The number of pyridine rings is 1. The SMILES string of the molecule is Cc1noc(NC(=O)N2CCC(=Cc3cccc(Oc4ccc(Br)cn4)c3)C(C)C2)c1C. The summed E-state index contributed by atoms with van der Waals surface area (Å²) in [7, 11) is 0. The van der Waals surface area contributed by atoms with E-state index in [2.05, 4.69) is 50.5 Å². The van der Waals surface area contributed by atoms with E-state index in [0.717, 1.165) is 33.5 Å². The molecule has 7 nitrogen and oxygen atoms in total. The van der Waals surface area contributed by atoms with E-state index in [-0.39, 0.29) is 11.9 Å². The molecule has 0 saturated carbocycles. The molecule has 0 bridgehead atoms. The van der Waals surface area contributed by atoms with Gasteiger partial charge in [-0.15, -0.1) is 0 Å². The number of carbonyl (C=O) groups is 1. The van der Waals surface area contributed by atoms with Crippen molar-refractivity contribution in [2.75, 3.05) is 18.4 Å². The third-order valence-corrected chi connectivity index (χ3v) is 6.06. The van der Waals surface area contributed by atoms with Gasteiger partial charge in [-0.1, -0.05) is 35.9 Å². The van der Waals surface area contributed by atoms with Crippen LogP contribution in [0.4, 0.5) is 10.7 Å². The fourth-order valence-electron chi connectivity index (χ4n) is 3.58. The molecule has 3 heterocycles. The summed E-state index contributed by atoms with van der Waals surface area (Å²) >= 11 is 3.38. The number of carbonyl (C=O) groups excluding carboxylic acids is 1. The van der Waals surface area contributed by atoms with E-state index in [9.17, 15) is 4.79 Å². The molecule has 0 radical (unpaired) electrons. The number of nitrogens with zero attached hydrogens (tertiary/aromatic N) is 3. The normalized spacial score (nSPS) is 17.4. The number of piperidine rings is 1. The van der Waals surface area contributed by atoms with Gasteiger partial charge in [0.25, 0.3) is 0 Å². The first-order chi connectivity index (χ1) is 15.4. The lowest BCUT2D eigenvalue weighted by molar-refractivity contribution is 0.197. The van der Waals surface area contributed by atoms with Crippen LogP contribution in [0.15, 0.2) is 57.2 Å². The second-order valence-corrected chi connectivity index (χ2v) is 8.87. The summed E-state index contributed by atoms with van der Waals surface area (Å²) < 4.78 is 12.0. The van der Waals surface area contributed by atoms with Gasteiger partial charge < -0.3 is 14.2 Å². The van der Waals surface area contributed by atoms with E-state index in [1.165, 1.54) is 5.57 Å². The topological polar surface area (TPSA) is 80.5 Å². The summed E-state index contributed by atoms with van der Waals surface area (Å²) in [5.74, 6) is 1.93. The van der Waals surface area contributed by atoms with Gasteiger partial charge in [0.1, 0.15) is 5.75 Å². The van der Waals surface area contributed by atoms with Crippen LogP contribution in [-0.2, 0) is 0 Å². The zero-order chi connectivity index (χ0) is 22.7. The maximum atomic E-state index is 12.7. The Morgan fingerprint density at radius 3 is 2.84 bits per heavy atom. The molecule has 8 heteroatoms. The van der Waals surface area contributed by atoms with Crippen molar-refractivity contribution in [3.8, 4) is 11.6 Å². The minimum Gasteiger partial charge on any atom is -0.439 e. The zero-order valence-corrected chi connectivity index (χ0v) is 19.8. The molecule has 0 aliphatic carbocycles. The summed E-state index contributed by atoms with van der Waals surface area (Å²) in [6.07, 6.45) is 4.70. The number of rotatable bonds is 4. The smallest absolute Gasteiger partial charge is 0.324 e. The largest absolute Gasteiger partial charge is 0.439 e. The standard InChI is InChI=1S/C24H25BrN4O3/c1-15-14-29(24(30)27-23-16(2)17(3)28-32-23)10-9-19(15)11-18-5-4-6-21(12-18)31-22-8-7-20(25)13-26-22/h4-8,11-13,15H,9-10,14H2,1-3H3,(H,27,30). The molecule has 3 aromatic rings. The lowest BCUT2D eigenvalue weighted by atomic mass is 9.91. The fourth-order valence-corrected chi connectivity index (χ4v) is 3.82. The van der Waals surface area contributed by atoms with Crippen molar-refractivity contribution in [2.24, 2.45) is 5.92 Å². The summed E-state index contributed by atoms with van der Waals surface area (Å²) in [6, 6.07) is 11.5. The van der Waals surface area contributed by atoms with Crippen molar-refractivity contribution in [3.63, 3.8) is 0 Å². The summed E-state index contributed by atoms with van der Waals surface area (Å²) in [5, 5.41) is 6.72. The third kappa shape index (κ3) is 5.19. The average molecular weight is 497 g/mol. The number of anilines is 1. The molecule has 1 saturated heterocycles. The number of halogens is 1. The van der Waals surface area contributed by atoms with Crippen molar-refractivity contribution >= 4 is 33.9 Å². The number of aryl methyl sites for hydroxylation is 1. The quantitative estimate of drug-likeness (QED) is 0.464. The van der Waals surface area contributed by atoms with Crippen LogP contribution < -0.4 is 10.1 Å². The lowest BCUT2D eigenvalue weighted by Gasteiger charge is -2.33. The van der Waals surface area contributed by atoms with E-state index >= 15 is 0 Å². The Bertz CT molecular complexity index is 1140. The predicted molar refractivity (Wildman–Crippen MR) is 127 cm³/mol. The van der Waals surface area contributed by atoms with Crippen LogP contribution in [0, 0.1) is 19.8 Å². The Morgan fingerprint density at radius 2 is 2.16 bits per heavy atom. The van der Waals surface area contributed by atoms with Crippen molar-refractivity contribution in [2.45, 2.75) is 27.2 Å². The van der Waals surface area contributed by atoms with Gasteiger partial charge in [0.15, 0.2) is 0 Å². The molecule has 1 aliphatic heterocycles. The molecule has 2 aromatic heterocycles. The molecule has 1 unspecified atom stereocenters. The number of amides is 2. The van der Waals surface area contributed by atoms with E-state index in [1.54, 1.807) is 6.20 Å². The molecule has 0 spiro atoms. The molecule has 2 amide bonds. The van der Waals surface area contributed by atoms with Crippen LogP contribution in [0.5, 0.6) is 11.6 Å². The fraction of sp³-hybridized carbons (Fsp3) is 0.292.